The van der Waals surface area contributed by atoms with Gasteiger partial charge in [-0.2, -0.15) is 0 Å². The van der Waals surface area contributed by atoms with Crippen LogP contribution in [0.5, 0.6) is 5.75 Å². The van der Waals surface area contributed by atoms with E-state index < -0.39 is 0 Å². The summed E-state index contributed by atoms with van der Waals surface area (Å²) in [5.41, 5.74) is 6.17. The fourth-order valence-corrected chi connectivity index (χ4v) is 4.62. The largest absolute Gasteiger partial charge is 0.496 e. The molecule has 0 aliphatic carbocycles. The number of aryl methyl sites for hydroxylation is 2. The van der Waals surface area contributed by atoms with Crippen molar-refractivity contribution >= 4 is 23.1 Å². The van der Waals surface area contributed by atoms with E-state index in [-0.39, 0.29) is 5.78 Å². The monoisotopic (exact) mass is 487 g/mol. The Hall–Kier alpha value is -3.45. The van der Waals surface area contributed by atoms with Gasteiger partial charge in [0, 0.05) is 61.9 Å². The molecule has 1 saturated heterocycles. The number of methoxy groups -OCH3 is 1. The zero-order valence-electron chi connectivity index (χ0n) is 21.9. The van der Waals surface area contributed by atoms with E-state index in [2.05, 4.69) is 56.3 Å². The number of rotatable bonds is 10. The number of Topliss-reactive ketones (excluding diaryl/α,β-unsaturated/α-hetero) is 1. The maximum absolute atomic E-state index is 12.2. The van der Waals surface area contributed by atoms with Gasteiger partial charge in [0.1, 0.15) is 5.75 Å². The Morgan fingerprint density at radius 3 is 2.31 bits per heavy atom. The molecule has 0 amide bonds. The molecule has 1 fully saturated rings. The van der Waals surface area contributed by atoms with E-state index in [4.69, 9.17) is 4.74 Å². The molecule has 2 aromatic carbocycles. The first-order valence-electron chi connectivity index (χ1n) is 12.9. The topological polar surface area (TPSA) is 70.6 Å². The Morgan fingerprint density at radius 1 is 1.00 bits per heavy atom. The second-order valence-electron chi connectivity index (χ2n) is 9.25. The fourth-order valence-electron chi connectivity index (χ4n) is 4.62. The van der Waals surface area contributed by atoms with Crippen LogP contribution in [0, 0.1) is 6.92 Å². The summed E-state index contributed by atoms with van der Waals surface area (Å²) in [4.78, 5) is 26.2. The van der Waals surface area contributed by atoms with Crippen molar-refractivity contribution in [3.05, 3.63) is 71.0 Å². The maximum Gasteiger partial charge on any atom is 0.227 e. The number of ether oxygens (including phenoxy) is 1. The van der Waals surface area contributed by atoms with Gasteiger partial charge in [0.25, 0.3) is 0 Å². The smallest absolute Gasteiger partial charge is 0.227 e. The molecule has 0 atom stereocenters. The van der Waals surface area contributed by atoms with Gasteiger partial charge in [-0.25, -0.2) is 9.97 Å². The number of hydrogen-bond acceptors (Lipinski definition) is 7. The van der Waals surface area contributed by atoms with Crippen molar-refractivity contribution in [3.8, 4) is 5.75 Å². The van der Waals surface area contributed by atoms with Crippen molar-refractivity contribution < 1.29 is 9.53 Å². The molecule has 1 aromatic heterocycles. The van der Waals surface area contributed by atoms with Crippen molar-refractivity contribution in [1.82, 2.24) is 14.9 Å². The minimum Gasteiger partial charge on any atom is -0.496 e. The number of anilines is 3. The quantitative estimate of drug-likeness (QED) is 0.401. The van der Waals surface area contributed by atoms with Gasteiger partial charge in [-0.1, -0.05) is 13.8 Å². The van der Waals surface area contributed by atoms with E-state index in [1.165, 1.54) is 5.69 Å². The zero-order valence-corrected chi connectivity index (χ0v) is 21.9. The second kappa shape index (κ2) is 12.0. The summed E-state index contributed by atoms with van der Waals surface area (Å²) < 4.78 is 5.51. The molecule has 7 nitrogen and oxygen atoms in total. The van der Waals surface area contributed by atoms with Crippen molar-refractivity contribution in [2.24, 2.45) is 0 Å². The van der Waals surface area contributed by atoms with Gasteiger partial charge in [0.2, 0.25) is 5.95 Å². The molecule has 1 aliphatic rings. The molecule has 0 unspecified atom stereocenters. The number of nitrogens with zero attached hydrogens (tertiary/aromatic N) is 4. The molecule has 36 heavy (non-hydrogen) atoms. The van der Waals surface area contributed by atoms with Crippen molar-refractivity contribution in [2.45, 2.75) is 40.0 Å². The number of nitrogens with one attached hydrogen (secondary N) is 1. The number of aromatic nitrogens is 2. The normalized spacial score (nSPS) is 14.1. The van der Waals surface area contributed by atoms with Crippen LogP contribution in [0.4, 0.5) is 17.3 Å². The summed E-state index contributed by atoms with van der Waals surface area (Å²) in [5.74, 6) is 1.46. The van der Waals surface area contributed by atoms with E-state index in [9.17, 15) is 4.79 Å². The predicted molar refractivity (Wildman–Crippen MR) is 146 cm³/mol. The lowest BCUT2D eigenvalue weighted by atomic mass is 9.96. The number of carbonyl (C=O) groups is 1. The maximum atomic E-state index is 12.2. The summed E-state index contributed by atoms with van der Waals surface area (Å²) in [6, 6.07) is 12.3. The summed E-state index contributed by atoms with van der Waals surface area (Å²) in [5, 5.41) is 3.30. The number of benzene rings is 2. The lowest BCUT2D eigenvalue weighted by Gasteiger charge is -2.35. The average molecular weight is 488 g/mol. The summed E-state index contributed by atoms with van der Waals surface area (Å²) in [6.07, 6.45) is 5.78. The van der Waals surface area contributed by atoms with Crippen LogP contribution >= 0.6 is 0 Å². The standard InChI is InChI=1S/C29H37N5O2/c1-5-27(35)24-17-23(21(3)28(18-24)36-4)8-7-22-19-30-29(31-20-22)32-25-9-11-26(12-10-25)34-15-13-33(6-2)14-16-34/h9-12,17-20H,5-8,13-16H2,1-4H3,(H,30,31,32). The fraction of sp³-hybridized carbons (Fsp3) is 0.414. The molecule has 3 aromatic rings. The van der Waals surface area contributed by atoms with Crippen molar-refractivity contribution in [1.29, 1.82) is 0 Å². The minimum absolute atomic E-state index is 0.125. The van der Waals surface area contributed by atoms with Gasteiger partial charge in [-0.15, -0.1) is 0 Å². The van der Waals surface area contributed by atoms with Crippen LogP contribution in [0.15, 0.2) is 48.8 Å². The van der Waals surface area contributed by atoms with Gasteiger partial charge >= 0.3 is 0 Å². The summed E-state index contributed by atoms with van der Waals surface area (Å²) in [6.45, 7) is 11.6. The van der Waals surface area contributed by atoms with Gasteiger partial charge < -0.3 is 19.9 Å². The van der Waals surface area contributed by atoms with Crippen LogP contribution in [-0.2, 0) is 12.8 Å². The van der Waals surface area contributed by atoms with Crippen molar-refractivity contribution in [3.63, 3.8) is 0 Å². The highest BCUT2D eigenvalue weighted by molar-refractivity contribution is 5.96. The third-order valence-electron chi connectivity index (χ3n) is 7.03. The highest BCUT2D eigenvalue weighted by Gasteiger charge is 2.16. The Bertz CT molecular complexity index is 1150. The van der Waals surface area contributed by atoms with Crippen LogP contribution in [0.25, 0.3) is 0 Å². The summed E-state index contributed by atoms with van der Waals surface area (Å²) >= 11 is 0. The highest BCUT2D eigenvalue weighted by atomic mass is 16.5. The molecule has 1 N–H and O–H groups in total. The van der Waals surface area contributed by atoms with Gasteiger partial charge in [-0.3, -0.25) is 4.79 Å². The van der Waals surface area contributed by atoms with E-state index >= 15 is 0 Å². The Labute approximate surface area is 214 Å². The molecule has 1 aliphatic heterocycles. The van der Waals surface area contributed by atoms with E-state index in [1.807, 2.05) is 38.4 Å². The molecule has 0 radical (unpaired) electrons. The molecular formula is C29H37N5O2. The SMILES string of the molecule is CCC(=O)c1cc(CCc2cnc(Nc3ccc(N4CCN(CC)CC4)cc3)nc2)c(C)c(OC)c1. The molecule has 2 heterocycles. The van der Waals surface area contributed by atoms with E-state index in [0.717, 1.165) is 73.7 Å². The Kier molecular flexibility index (Phi) is 8.54. The second-order valence-corrected chi connectivity index (χ2v) is 9.25. The number of hydrogen-bond donors (Lipinski definition) is 1. The van der Waals surface area contributed by atoms with Gasteiger partial charge in [-0.05, 0) is 79.4 Å². The number of ketones is 1. The van der Waals surface area contributed by atoms with E-state index in [1.54, 1.807) is 7.11 Å². The molecule has 0 saturated carbocycles. The van der Waals surface area contributed by atoms with Crippen LogP contribution in [0.1, 0.15) is 47.3 Å². The molecule has 4 rings (SSSR count). The van der Waals surface area contributed by atoms with E-state index in [0.29, 0.717) is 17.9 Å². The number of likely N-dealkylation sites (N-methyl/N-ethyl adjacent to an activating group) is 1. The van der Waals surface area contributed by atoms with Crippen LogP contribution < -0.4 is 15.0 Å². The first-order chi connectivity index (χ1) is 17.5. The Morgan fingerprint density at radius 2 is 1.69 bits per heavy atom. The average Bonchev–Trinajstić information content (AvgIpc) is 2.93. The Balaban J connectivity index is 1.35. The predicted octanol–water partition coefficient (Wildman–Crippen LogP) is 5.06. The lowest BCUT2D eigenvalue weighted by molar-refractivity contribution is 0.0987. The highest BCUT2D eigenvalue weighted by Crippen LogP contribution is 2.26. The van der Waals surface area contributed by atoms with Crippen LogP contribution in [0.2, 0.25) is 0 Å². The molecule has 7 heteroatoms. The zero-order chi connectivity index (χ0) is 25.5. The van der Waals surface area contributed by atoms with Crippen molar-refractivity contribution in [2.75, 3.05) is 50.1 Å². The molecule has 0 bridgehead atoms. The first-order valence-corrected chi connectivity index (χ1v) is 12.9. The number of carbonyl (C=O) groups excluding carboxylic acids is 1. The molecular weight excluding hydrogens is 450 g/mol. The molecule has 190 valence electrons. The van der Waals surface area contributed by atoms with Gasteiger partial charge in [0.05, 0.1) is 7.11 Å². The first kappa shape index (κ1) is 25.6. The third kappa shape index (κ3) is 6.21. The third-order valence-corrected chi connectivity index (χ3v) is 7.03. The number of piperazine rings is 1. The lowest BCUT2D eigenvalue weighted by Crippen LogP contribution is -2.46. The van der Waals surface area contributed by atoms with Gasteiger partial charge in [0.15, 0.2) is 5.78 Å². The minimum atomic E-state index is 0.125. The summed E-state index contributed by atoms with van der Waals surface area (Å²) in [7, 11) is 1.65. The molecule has 0 spiro atoms. The van der Waals surface area contributed by atoms with Crippen LogP contribution in [-0.4, -0.2) is 60.5 Å². The van der Waals surface area contributed by atoms with Crippen LogP contribution in [0.3, 0.4) is 0 Å².